The maximum Gasteiger partial charge on any atom is 0.200 e. The molecule has 0 fully saturated rings. The van der Waals surface area contributed by atoms with Gasteiger partial charge in [-0.25, -0.2) is 9.37 Å². The Labute approximate surface area is 154 Å². The topological polar surface area (TPSA) is 43.9 Å². The molecule has 7 heteroatoms. The number of fused-ring (bicyclic) bond motifs is 2. The highest BCUT2D eigenvalue weighted by atomic mass is 35.5. The number of benzene rings is 1. The second-order valence-corrected chi connectivity index (χ2v) is 8.24. The minimum Gasteiger partial charge on any atom is -0.439 e. The van der Waals surface area contributed by atoms with Crippen LogP contribution >= 0.6 is 23.2 Å². The van der Waals surface area contributed by atoms with Gasteiger partial charge in [-0.3, -0.25) is 4.68 Å². The smallest absolute Gasteiger partial charge is 0.200 e. The molecule has 0 spiro atoms. The Kier molecular flexibility index (Phi) is 3.85. The standard InChI is InChI=1S/C18H18Cl2FN3O/c1-18(2,3)17-22-15-12(10(21)8-9(19)16(15)25-17)14-13(20)11-6-4-5-7-24(11)23-14/h8H,4-7H2,1-3H3. The molecule has 0 atom stereocenters. The third-order valence-electron chi connectivity index (χ3n) is 4.48. The predicted molar refractivity (Wildman–Crippen MR) is 96.8 cm³/mol. The van der Waals surface area contributed by atoms with Crippen LogP contribution in [0.3, 0.4) is 0 Å². The van der Waals surface area contributed by atoms with Crippen molar-refractivity contribution in [1.82, 2.24) is 14.8 Å². The maximum atomic E-state index is 14.8. The number of oxazole rings is 1. The highest BCUT2D eigenvalue weighted by molar-refractivity contribution is 6.36. The number of aromatic nitrogens is 3. The van der Waals surface area contributed by atoms with Crippen molar-refractivity contribution in [3.8, 4) is 11.3 Å². The van der Waals surface area contributed by atoms with Crippen LogP contribution < -0.4 is 0 Å². The highest BCUT2D eigenvalue weighted by Crippen LogP contribution is 2.41. The molecule has 1 aliphatic rings. The van der Waals surface area contributed by atoms with E-state index in [0.29, 0.717) is 27.7 Å². The van der Waals surface area contributed by atoms with Crippen molar-refractivity contribution in [3.05, 3.63) is 33.5 Å². The van der Waals surface area contributed by atoms with E-state index < -0.39 is 5.82 Å². The van der Waals surface area contributed by atoms with Crippen molar-refractivity contribution >= 4 is 34.3 Å². The summed E-state index contributed by atoms with van der Waals surface area (Å²) in [6.45, 7) is 6.72. The Morgan fingerprint density at radius 3 is 2.68 bits per heavy atom. The third kappa shape index (κ3) is 2.64. The second kappa shape index (κ2) is 5.71. The summed E-state index contributed by atoms with van der Waals surface area (Å²) in [7, 11) is 0. The molecule has 25 heavy (non-hydrogen) atoms. The second-order valence-electron chi connectivity index (χ2n) is 7.45. The minimum absolute atomic E-state index is 0.194. The fraction of sp³-hybridized carbons (Fsp3) is 0.444. The third-order valence-corrected chi connectivity index (χ3v) is 5.16. The van der Waals surface area contributed by atoms with Gasteiger partial charge in [0.2, 0.25) is 5.89 Å². The lowest BCUT2D eigenvalue weighted by atomic mass is 9.97. The van der Waals surface area contributed by atoms with E-state index >= 15 is 0 Å². The number of halogens is 3. The molecule has 1 aliphatic heterocycles. The zero-order valence-electron chi connectivity index (χ0n) is 14.3. The molecule has 0 aliphatic carbocycles. The Bertz CT molecular complexity index is 985. The van der Waals surface area contributed by atoms with Crippen molar-refractivity contribution in [2.75, 3.05) is 0 Å². The molecule has 0 bridgehead atoms. The van der Waals surface area contributed by atoms with Crippen LogP contribution in [0.5, 0.6) is 0 Å². The summed E-state index contributed by atoms with van der Waals surface area (Å²) in [5.41, 5.74) is 2.02. The van der Waals surface area contributed by atoms with E-state index in [0.717, 1.165) is 31.5 Å². The fourth-order valence-corrected chi connectivity index (χ4v) is 3.72. The summed E-state index contributed by atoms with van der Waals surface area (Å²) >= 11 is 12.7. The summed E-state index contributed by atoms with van der Waals surface area (Å²) in [4.78, 5) is 4.53. The zero-order chi connectivity index (χ0) is 17.9. The van der Waals surface area contributed by atoms with Crippen molar-refractivity contribution in [3.63, 3.8) is 0 Å². The molecule has 0 unspecified atom stereocenters. The molecular weight excluding hydrogens is 364 g/mol. The predicted octanol–water partition coefficient (Wildman–Crippen LogP) is 5.77. The molecule has 3 heterocycles. The number of hydrogen-bond donors (Lipinski definition) is 0. The monoisotopic (exact) mass is 381 g/mol. The molecule has 0 radical (unpaired) electrons. The van der Waals surface area contributed by atoms with Crippen LogP contribution in [0.1, 0.15) is 45.2 Å². The van der Waals surface area contributed by atoms with Gasteiger partial charge in [-0.2, -0.15) is 5.10 Å². The quantitative estimate of drug-likeness (QED) is 0.537. The zero-order valence-corrected chi connectivity index (χ0v) is 15.8. The SMILES string of the molecule is CC(C)(C)c1nc2c(-c3nn4c(c3Cl)CCCC4)c(F)cc(Cl)c2o1. The van der Waals surface area contributed by atoms with Gasteiger partial charge >= 0.3 is 0 Å². The van der Waals surface area contributed by atoms with E-state index in [4.69, 9.17) is 27.6 Å². The molecule has 0 N–H and O–H groups in total. The number of nitrogens with zero attached hydrogens (tertiary/aromatic N) is 3. The molecular formula is C18H18Cl2FN3O. The maximum absolute atomic E-state index is 14.8. The molecule has 0 saturated heterocycles. The molecule has 3 aromatic rings. The summed E-state index contributed by atoms with van der Waals surface area (Å²) in [6.07, 6.45) is 2.94. The van der Waals surface area contributed by atoms with Gasteiger partial charge in [0.05, 0.1) is 21.3 Å². The van der Waals surface area contributed by atoms with Gasteiger partial charge in [-0.05, 0) is 25.3 Å². The van der Waals surface area contributed by atoms with Crippen molar-refractivity contribution in [2.24, 2.45) is 0 Å². The van der Waals surface area contributed by atoms with Gasteiger partial charge in [-0.1, -0.05) is 44.0 Å². The first-order chi connectivity index (χ1) is 11.8. The average molecular weight is 382 g/mol. The Morgan fingerprint density at radius 1 is 1.24 bits per heavy atom. The molecule has 0 amide bonds. The Balaban J connectivity index is 2.02. The van der Waals surface area contributed by atoms with Gasteiger partial charge in [0, 0.05) is 12.0 Å². The van der Waals surface area contributed by atoms with E-state index in [1.807, 2.05) is 25.5 Å². The van der Waals surface area contributed by atoms with Gasteiger partial charge in [0.1, 0.15) is 17.0 Å². The lowest BCUT2D eigenvalue weighted by Crippen LogP contribution is -2.11. The first-order valence-electron chi connectivity index (χ1n) is 8.32. The molecule has 1 aromatic carbocycles. The lowest BCUT2D eigenvalue weighted by molar-refractivity contribution is 0.411. The van der Waals surface area contributed by atoms with Crippen LogP contribution in [-0.4, -0.2) is 14.8 Å². The normalized spacial score (nSPS) is 15.0. The van der Waals surface area contributed by atoms with E-state index in [-0.39, 0.29) is 16.0 Å². The van der Waals surface area contributed by atoms with Crippen LogP contribution in [0.4, 0.5) is 4.39 Å². The number of hydrogen-bond acceptors (Lipinski definition) is 3. The van der Waals surface area contributed by atoms with Crippen LogP contribution in [0.2, 0.25) is 10.0 Å². The van der Waals surface area contributed by atoms with Crippen LogP contribution in [0, 0.1) is 5.82 Å². The van der Waals surface area contributed by atoms with Gasteiger partial charge in [0.15, 0.2) is 5.58 Å². The summed E-state index contributed by atoms with van der Waals surface area (Å²) in [5.74, 6) is -0.0000453. The average Bonchev–Trinajstić information content (AvgIpc) is 3.11. The van der Waals surface area contributed by atoms with Crippen LogP contribution in [-0.2, 0) is 18.4 Å². The van der Waals surface area contributed by atoms with Gasteiger partial charge < -0.3 is 4.42 Å². The van der Waals surface area contributed by atoms with Crippen LogP contribution in [0.15, 0.2) is 10.5 Å². The van der Waals surface area contributed by atoms with E-state index in [9.17, 15) is 4.39 Å². The largest absolute Gasteiger partial charge is 0.439 e. The Hall–Kier alpha value is -1.59. The van der Waals surface area contributed by atoms with E-state index in [1.165, 1.54) is 6.07 Å². The highest BCUT2D eigenvalue weighted by Gasteiger charge is 2.29. The molecule has 0 saturated carbocycles. The van der Waals surface area contributed by atoms with Crippen molar-refractivity contribution in [1.29, 1.82) is 0 Å². The molecule has 2 aromatic heterocycles. The van der Waals surface area contributed by atoms with E-state index in [1.54, 1.807) is 0 Å². The van der Waals surface area contributed by atoms with Crippen molar-refractivity contribution in [2.45, 2.75) is 52.0 Å². The first-order valence-corrected chi connectivity index (χ1v) is 9.07. The van der Waals surface area contributed by atoms with Crippen LogP contribution in [0.25, 0.3) is 22.4 Å². The molecule has 4 nitrogen and oxygen atoms in total. The molecule has 4 rings (SSSR count). The molecule has 132 valence electrons. The Morgan fingerprint density at radius 2 is 2.00 bits per heavy atom. The lowest BCUT2D eigenvalue weighted by Gasteiger charge is -2.12. The number of aryl methyl sites for hydroxylation is 1. The number of rotatable bonds is 1. The van der Waals surface area contributed by atoms with Crippen molar-refractivity contribution < 1.29 is 8.81 Å². The first kappa shape index (κ1) is 16.9. The fourth-order valence-electron chi connectivity index (χ4n) is 3.17. The summed E-state index contributed by atoms with van der Waals surface area (Å²) < 4.78 is 22.5. The van der Waals surface area contributed by atoms with Gasteiger partial charge in [-0.15, -0.1) is 0 Å². The summed E-state index contributed by atoms with van der Waals surface area (Å²) in [5, 5.41) is 5.23. The van der Waals surface area contributed by atoms with Gasteiger partial charge in [0.25, 0.3) is 0 Å². The van der Waals surface area contributed by atoms with E-state index in [2.05, 4.69) is 10.1 Å². The summed E-state index contributed by atoms with van der Waals surface area (Å²) in [6, 6.07) is 1.24. The minimum atomic E-state index is -0.497.